The Balaban J connectivity index is 1.71. The van der Waals surface area contributed by atoms with Gasteiger partial charge in [-0.15, -0.1) is 0 Å². The summed E-state index contributed by atoms with van der Waals surface area (Å²) in [6.07, 6.45) is 1.51. The molecule has 0 spiro atoms. The predicted molar refractivity (Wildman–Crippen MR) is 133 cm³/mol. The van der Waals surface area contributed by atoms with Crippen molar-refractivity contribution in [3.05, 3.63) is 112 Å². The molecule has 34 heavy (non-hydrogen) atoms. The van der Waals surface area contributed by atoms with Crippen molar-refractivity contribution in [3.63, 3.8) is 0 Å². The molecule has 0 aliphatic heterocycles. The van der Waals surface area contributed by atoms with Crippen molar-refractivity contribution in [2.24, 2.45) is 0 Å². The van der Waals surface area contributed by atoms with Crippen molar-refractivity contribution >= 4 is 40.0 Å². The summed E-state index contributed by atoms with van der Waals surface area (Å²) in [6.45, 7) is 1.92. The Bertz CT molecular complexity index is 1460. The quantitative estimate of drug-likeness (QED) is 0.242. The normalized spacial score (nSPS) is 11.2. The first-order chi connectivity index (χ1) is 16.5. The summed E-state index contributed by atoms with van der Waals surface area (Å²) in [5.41, 5.74) is 2.39. The van der Waals surface area contributed by atoms with Gasteiger partial charge in [0.25, 0.3) is 5.91 Å². The zero-order valence-electron chi connectivity index (χ0n) is 18.3. The molecule has 0 saturated carbocycles. The fraction of sp³-hybridized carbons (Fsp3) is 0.0714. The summed E-state index contributed by atoms with van der Waals surface area (Å²) in [5, 5.41) is 14.8. The van der Waals surface area contributed by atoms with Gasteiger partial charge >= 0.3 is 0 Å². The van der Waals surface area contributed by atoms with E-state index in [0.29, 0.717) is 33.1 Å². The van der Waals surface area contributed by atoms with Crippen LogP contribution in [0.2, 0.25) is 5.02 Å². The molecular weight excluding hydrogens is 451 g/mol. The molecule has 0 aromatic heterocycles. The van der Waals surface area contributed by atoms with E-state index in [-0.39, 0.29) is 18.0 Å². The van der Waals surface area contributed by atoms with Gasteiger partial charge in [0.05, 0.1) is 0 Å². The Labute approximate surface area is 201 Å². The first-order valence-electron chi connectivity index (χ1n) is 10.5. The number of hydrogen-bond donors (Lipinski definition) is 1. The second-order valence-corrected chi connectivity index (χ2v) is 8.06. The summed E-state index contributed by atoms with van der Waals surface area (Å²) >= 11 is 6.15. The number of rotatable bonds is 6. The number of ether oxygens (including phenoxy) is 1. The van der Waals surface area contributed by atoms with Gasteiger partial charge in [0.1, 0.15) is 29.8 Å². The van der Waals surface area contributed by atoms with Crippen molar-refractivity contribution < 1.29 is 13.9 Å². The van der Waals surface area contributed by atoms with Crippen LogP contribution in [0.4, 0.5) is 10.1 Å². The van der Waals surface area contributed by atoms with Crippen LogP contribution in [0.3, 0.4) is 0 Å². The molecule has 0 aliphatic carbocycles. The molecule has 0 aliphatic rings. The minimum absolute atomic E-state index is 0.0914. The van der Waals surface area contributed by atoms with E-state index in [1.165, 1.54) is 18.2 Å². The van der Waals surface area contributed by atoms with Crippen molar-refractivity contribution in [1.82, 2.24) is 0 Å². The van der Waals surface area contributed by atoms with Crippen molar-refractivity contribution in [1.29, 1.82) is 5.26 Å². The number of halogens is 2. The Hall–Kier alpha value is -4.14. The van der Waals surface area contributed by atoms with Gasteiger partial charge in [-0.05, 0) is 65.2 Å². The molecule has 4 aromatic rings. The van der Waals surface area contributed by atoms with Crippen LogP contribution >= 0.6 is 11.6 Å². The first-order valence-corrected chi connectivity index (χ1v) is 10.9. The number of nitriles is 1. The molecular formula is C28H20ClFN2O2. The van der Waals surface area contributed by atoms with Crippen LogP contribution < -0.4 is 10.1 Å². The number of anilines is 1. The summed E-state index contributed by atoms with van der Waals surface area (Å²) in [6, 6.07) is 24.6. The number of hydrogen-bond acceptors (Lipinski definition) is 3. The van der Waals surface area contributed by atoms with Crippen LogP contribution in [0, 0.1) is 24.1 Å². The lowest BCUT2D eigenvalue weighted by molar-refractivity contribution is -0.112. The van der Waals surface area contributed by atoms with E-state index in [4.69, 9.17) is 16.3 Å². The van der Waals surface area contributed by atoms with E-state index in [9.17, 15) is 14.4 Å². The largest absolute Gasteiger partial charge is 0.488 e. The highest BCUT2D eigenvalue weighted by Gasteiger charge is 2.15. The SMILES string of the molecule is Cc1c(Cl)cccc1NC(=O)/C(C#N)=C/c1c(OCc2cccc(F)c2)ccc2ccccc12. The Kier molecular flexibility index (Phi) is 6.91. The minimum atomic E-state index is -0.558. The molecule has 0 atom stereocenters. The summed E-state index contributed by atoms with van der Waals surface area (Å²) in [7, 11) is 0. The van der Waals surface area contributed by atoms with Crippen LogP contribution in [-0.4, -0.2) is 5.91 Å². The molecule has 168 valence electrons. The van der Waals surface area contributed by atoms with E-state index in [0.717, 1.165) is 10.8 Å². The van der Waals surface area contributed by atoms with Gasteiger partial charge in [-0.2, -0.15) is 5.26 Å². The van der Waals surface area contributed by atoms with E-state index in [2.05, 4.69) is 5.32 Å². The molecule has 0 unspecified atom stereocenters. The molecule has 0 saturated heterocycles. The maximum Gasteiger partial charge on any atom is 0.266 e. The third-order valence-electron chi connectivity index (χ3n) is 5.38. The molecule has 0 heterocycles. The van der Waals surface area contributed by atoms with Crippen LogP contribution in [0.25, 0.3) is 16.8 Å². The van der Waals surface area contributed by atoms with Crippen LogP contribution in [-0.2, 0) is 11.4 Å². The van der Waals surface area contributed by atoms with E-state index >= 15 is 0 Å². The molecule has 0 bridgehead atoms. The topological polar surface area (TPSA) is 62.1 Å². The molecule has 1 N–H and O–H groups in total. The molecule has 4 rings (SSSR count). The zero-order chi connectivity index (χ0) is 24.1. The fourth-order valence-corrected chi connectivity index (χ4v) is 3.74. The predicted octanol–water partition coefficient (Wildman–Crippen LogP) is 7.07. The highest BCUT2D eigenvalue weighted by Crippen LogP contribution is 2.31. The highest BCUT2D eigenvalue weighted by molar-refractivity contribution is 6.31. The van der Waals surface area contributed by atoms with Gasteiger partial charge in [-0.3, -0.25) is 4.79 Å². The number of carbonyl (C=O) groups is 1. The third kappa shape index (κ3) is 5.09. The van der Waals surface area contributed by atoms with E-state index in [1.54, 1.807) is 43.3 Å². The first kappa shape index (κ1) is 23.0. The summed E-state index contributed by atoms with van der Waals surface area (Å²) < 4.78 is 19.6. The zero-order valence-corrected chi connectivity index (χ0v) is 19.1. The molecule has 1 amide bonds. The monoisotopic (exact) mass is 470 g/mol. The lowest BCUT2D eigenvalue weighted by Crippen LogP contribution is -2.14. The fourth-order valence-electron chi connectivity index (χ4n) is 3.56. The standard InChI is InChI=1S/C28H20ClFN2O2/c1-18-25(29)10-5-11-26(18)32-28(33)21(16-31)15-24-23-9-3-2-7-20(23)12-13-27(24)34-17-19-6-4-8-22(30)14-19/h2-15H,17H2,1H3,(H,32,33)/b21-15+. The lowest BCUT2D eigenvalue weighted by Gasteiger charge is -2.13. The number of carbonyl (C=O) groups excluding carboxylic acids is 1. The van der Waals surface area contributed by atoms with Gasteiger partial charge in [0.2, 0.25) is 0 Å². The van der Waals surface area contributed by atoms with Crippen molar-refractivity contribution in [3.8, 4) is 11.8 Å². The van der Waals surface area contributed by atoms with E-state index in [1.807, 2.05) is 36.4 Å². The molecule has 6 heteroatoms. The van der Waals surface area contributed by atoms with Crippen molar-refractivity contribution in [2.45, 2.75) is 13.5 Å². The Morgan fingerprint density at radius 2 is 1.88 bits per heavy atom. The number of fused-ring (bicyclic) bond motifs is 1. The van der Waals surface area contributed by atoms with Gasteiger partial charge in [-0.25, -0.2) is 4.39 Å². The minimum Gasteiger partial charge on any atom is -0.488 e. The number of nitrogens with one attached hydrogen (secondary N) is 1. The van der Waals surface area contributed by atoms with Crippen LogP contribution in [0.15, 0.2) is 84.4 Å². The lowest BCUT2D eigenvalue weighted by atomic mass is 10.0. The molecule has 4 nitrogen and oxygen atoms in total. The van der Waals surface area contributed by atoms with Gasteiger partial charge < -0.3 is 10.1 Å². The third-order valence-corrected chi connectivity index (χ3v) is 5.79. The van der Waals surface area contributed by atoms with Crippen LogP contribution in [0.5, 0.6) is 5.75 Å². The maximum absolute atomic E-state index is 13.6. The maximum atomic E-state index is 13.6. The highest BCUT2D eigenvalue weighted by atomic mass is 35.5. The molecule has 0 radical (unpaired) electrons. The summed E-state index contributed by atoms with van der Waals surface area (Å²) in [5.74, 6) is -0.432. The van der Waals surface area contributed by atoms with Crippen LogP contribution in [0.1, 0.15) is 16.7 Å². The number of nitrogens with zero attached hydrogens (tertiary/aromatic N) is 1. The van der Waals surface area contributed by atoms with Gasteiger partial charge in [0.15, 0.2) is 0 Å². The van der Waals surface area contributed by atoms with Gasteiger partial charge in [-0.1, -0.05) is 60.1 Å². The number of amides is 1. The van der Waals surface area contributed by atoms with Crippen molar-refractivity contribution in [2.75, 3.05) is 5.32 Å². The average Bonchev–Trinajstić information content (AvgIpc) is 2.84. The number of benzene rings is 4. The Morgan fingerprint density at radius 1 is 1.09 bits per heavy atom. The smallest absolute Gasteiger partial charge is 0.266 e. The van der Waals surface area contributed by atoms with E-state index < -0.39 is 5.91 Å². The Morgan fingerprint density at radius 3 is 2.68 bits per heavy atom. The second-order valence-electron chi connectivity index (χ2n) is 7.65. The van der Waals surface area contributed by atoms with Gasteiger partial charge in [0, 0.05) is 16.3 Å². The second kappa shape index (κ2) is 10.2. The molecule has 0 fully saturated rings. The summed E-state index contributed by atoms with van der Waals surface area (Å²) in [4.78, 5) is 12.9. The molecule has 4 aromatic carbocycles. The average molecular weight is 471 g/mol.